The molecule has 2 aromatic rings. The number of para-hydroxylation sites is 1. The lowest BCUT2D eigenvalue weighted by Gasteiger charge is -2.35. The molecule has 2 aliphatic heterocycles. The van der Waals surface area contributed by atoms with Crippen LogP contribution in [0.25, 0.3) is 0 Å². The number of fused-ring (bicyclic) bond motifs is 2. The van der Waals surface area contributed by atoms with Crippen LogP contribution in [-0.2, 0) is 35.3 Å². The first-order chi connectivity index (χ1) is 17.4. The van der Waals surface area contributed by atoms with Crippen LogP contribution in [-0.4, -0.2) is 63.3 Å². The van der Waals surface area contributed by atoms with Crippen molar-refractivity contribution in [1.29, 1.82) is 0 Å². The fourth-order valence-electron chi connectivity index (χ4n) is 4.22. The van der Waals surface area contributed by atoms with Crippen LogP contribution >= 0.6 is 6.64 Å². The molecule has 2 bridgehead atoms. The Labute approximate surface area is 219 Å². The van der Waals surface area contributed by atoms with Crippen molar-refractivity contribution in [3.05, 3.63) is 53.1 Å². The fourth-order valence-corrected chi connectivity index (χ4v) is 6.66. The smallest absolute Gasteiger partial charge is 0.351 e. The van der Waals surface area contributed by atoms with Gasteiger partial charge in [0.05, 0.1) is 19.3 Å². The molecule has 2 saturated heterocycles. The van der Waals surface area contributed by atoms with Crippen molar-refractivity contribution in [2.24, 2.45) is 0 Å². The zero-order valence-corrected chi connectivity index (χ0v) is 22.6. The molecule has 4 N–H and O–H groups in total. The van der Waals surface area contributed by atoms with Gasteiger partial charge in [-0.1, -0.05) is 18.2 Å². The van der Waals surface area contributed by atoms with Crippen LogP contribution < -0.4 is 21.0 Å². The van der Waals surface area contributed by atoms with Gasteiger partial charge in [-0.2, -0.15) is 4.98 Å². The molecule has 37 heavy (non-hydrogen) atoms. The lowest BCUT2D eigenvalue weighted by atomic mass is 9.92. The highest BCUT2D eigenvalue weighted by Gasteiger charge is 2.69. The number of rotatable bonds is 10. The molecule has 202 valence electrons. The Morgan fingerprint density at radius 1 is 1.35 bits per heavy atom. The van der Waals surface area contributed by atoms with Gasteiger partial charge < -0.3 is 34.1 Å². The van der Waals surface area contributed by atoms with E-state index in [9.17, 15) is 14.7 Å². The predicted octanol–water partition coefficient (Wildman–Crippen LogP) is 1.49. The number of anilines is 1. The number of ether oxygens (including phenoxy) is 3. The molecular weight excluding hydrogens is 523 g/mol. The molecule has 6 atom stereocenters. The van der Waals surface area contributed by atoms with Gasteiger partial charge in [-0.05, 0) is 57.7 Å². The van der Waals surface area contributed by atoms with Crippen molar-refractivity contribution in [3.8, 4) is 5.75 Å². The number of aromatic nitrogens is 2. The van der Waals surface area contributed by atoms with E-state index in [1.165, 1.54) is 16.8 Å². The normalized spacial score (nSPS) is 29.1. The minimum Gasteiger partial charge on any atom is -0.462 e. The standard InChI is InChI=1S/C23H31N4O8PS/c1-14(2)33-18(28)15(3)26-36(37,35-16-8-6-5-7-9-16)32-13-23-12-31-22(4,19(23)29)20(34-23)27-11-10-17(24)25-21(27)30/h5-11,14-15,19-20,29H,12-13H2,1-4H3,(H,26,37)(H2,24,25,30). The molecule has 0 spiro atoms. The number of nitrogens with one attached hydrogen (secondary N) is 1. The molecule has 0 amide bonds. The van der Waals surface area contributed by atoms with E-state index in [1.54, 1.807) is 52.0 Å². The molecule has 12 nitrogen and oxygen atoms in total. The lowest BCUT2D eigenvalue weighted by molar-refractivity contribution is -0.211. The van der Waals surface area contributed by atoms with Crippen molar-refractivity contribution in [2.45, 2.75) is 63.4 Å². The second-order valence-corrected chi connectivity index (χ2v) is 12.6. The maximum absolute atomic E-state index is 12.5. The average Bonchev–Trinajstić information content (AvgIpc) is 3.20. The first-order valence-corrected chi connectivity index (χ1v) is 14.3. The number of hydrogen-bond acceptors (Lipinski definition) is 11. The van der Waals surface area contributed by atoms with Gasteiger partial charge in [0.1, 0.15) is 34.9 Å². The van der Waals surface area contributed by atoms with Gasteiger partial charge in [-0.15, -0.1) is 0 Å². The average molecular weight is 555 g/mol. The predicted molar refractivity (Wildman–Crippen MR) is 137 cm³/mol. The van der Waals surface area contributed by atoms with Gasteiger partial charge >= 0.3 is 18.3 Å². The third-order valence-corrected chi connectivity index (χ3v) is 8.59. The number of esters is 1. The van der Waals surface area contributed by atoms with Crippen molar-refractivity contribution in [1.82, 2.24) is 14.6 Å². The zero-order valence-electron chi connectivity index (χ0n) is 20.9. The minimum atomic E-state index is -3.40. The Morgan fingerprint density at radius 2 is 2.05 bits per heavy atom. The van der Waals surface area contributed by atoms with E-state index in [-0.39, 0.29) is 25.1 Å². The Morgan fingerprint density at radius 3 is 2.70 bits per heavy atom. The fraction of sp³-hybridized carbons (Fsp3) is 0.522. The van der Waals surface area contributed by atoms with Crippen molar-refractivity contribution in [3.63, 3.8) is 0 Å². The summed E-state index contributed by atoms with van der Waals surface area (Å²) < 4.78 is 30.7. The number of nitrogens with zero attached hydrogens (tertiary/aromatic N) is 2. The lowest BCUT2D eigenvalue weighted by Crippen LogP contribution is -2.46. The van der Waals surface area contributed by atoms with E-state index in [4.69, 9.17) is 40.8 Å². The van der Waals surface area contributed by atoms with E-state index in [0.29, 0.717) is 5.75 Å². The van der Waals surface area contributed by atoms with E-state index in [0.717, 1.165) is 0 Å². The summed E-state index contributed by atoms with van der Waals surface area (Å²) >= 11 is 5.75. The highest BCUT2D eigenvalue weighted by atomic mass is 32.5. The topological polar surface area (TPSA) is 156 Å². The largest absolute Gasteiger partial charge is 0.462 e. The van der Waals surface area contributed by atoms with Crippen LogP contribution in [0, 0.1) is 0 Å². The highest BCUT2D eigenvalue weighted by molar-refractivity contribution is 8.09. The molecule has 6 unspecified atom stereocenters. The molecule has 4 rings (SSSR count). The molecule has 0 saturated carbocycles. The SMILES string of the molecule is CC(C)OC(=O)C(C)NP(=S)(OCC12COC(C)(C(n3ccc(N)nc3=O)O1)C2O)Oc1ccccc1. The Balaban J connectivity index is 1.57. The molecule has 1 aromatic heterocycles. The maximum Gasteiger partial charge on any atom is 0.351 e. The minimum absolute atomic E-state index is 0.0239. The van der Waals surface area contributed by atoms with Crippen molar-refractivity contribution in [2.75, 3.05) is 18.9 Å². The molecule has 1 aromatic carbocycles. The Bertz CT molecular complexity index is 1250. The summed E-state index contributed by atoms with van der Waals surface area (Å²) in [6, 6.07) is 9.37. The van der Waals surface area contributed by atoms with Crippen LogP contribution in [0.3, 0.4) is 0 Å². The third-order valence-electron chi connectivity index (χ3n) is 6.11. The number of aliphatic hydroxyl groups excluding tert-OH is 1. The van der Waals surface area contributed by atoms with E-state index in [1.807, 2.05) is 6.07 Å². The summed E-state index contributed by atoms with van der Waals surface area (Å²) in [5, 5.41) is 14.2. The molecule has 2 aliphatic rings. The monoisotopic (exact) mass is 554 g/mol. The number of nitrogen functional groups attached to an aromatic ring is 1. The van der Waals surface area contributed by atoms with E-state index >= 15 is 0 Å². The molecule has 3 heterocycles. The van der Waals surface area contributed by atoms with Gasteiger partial charge in [0.25, 0.3) is 0 Å². The van der Waals surface area contributed by atoms with Gasteiger partial charge in [0, 0.05) is 6.20 Å². The number of aliphatic hydroxyl groups is 1. The van der Waals surface area contributed by atoms with Crippen LogP contribution in [0.1, 0.15) is 33.9 Å². The molecule has 0 aliphatic carbocycles. The number of hydrogen-bond donors (Lipinski definition) is 3. The zero-order chi connectivity index (χ0) is 27.0. The number of carbonyl (C=O) groups excluding carboxylic acids is 1. The van der Waals surface area contributed by atoms with Crippen LogP contribution in [0.4, 0.5) is 5.82 Å². The third kappa shape index (κ3) is 5.58. The first kappa shape index (κ1) is 27.6. The number of benzene rings is 1. The van der Waals surface area contributed by atoms with Crippen molar-refractivity contribution >= 4 is 30.2 Å². The van der Waals surface area contributed by atoms with Gasteiger partial charge in [-0.3, -0.25) is 9.36 Å². The van der Waals surface area contributed by atoms with E-state index in [2.05, 4.69) is 10.1 Å². The highest BCUT2D eigenvalue weighted by Crippen LogP contribution is 2.54. The second-order valence-electron chi connectivity index (χ2n) is 9.46. The van der Waals surface area contributed by atoms with Gasteiger partial charge in [0.2, 0.25) is 0 Å². The summed E-state index contributed by atoms with van der Waals surface area (Å²) in [4.78, 5) is 28.7. The molecule has 14 heteroatoms. The first-order valence-electron chi connectivity index (χ1n) is 11.7. The van der Waals surface area contributed by atoms with Crippen LogP contribution in [0.15, 0.2) is 47.4 Å². The Kier molecular flexibility index (Phi) is 7.78. The second kappa shape index (κ2) is 10.4. The van der Waals surface area contributed by atoms with Gasteiger partial charge in [0.15, 0.2) is 6.23 Å². The molecule has 2 fully saturated rings. The summed E-state index contributed by atoms with van der Waals surface area (Å²) in [6.07, 6.45) is -1.07. The summed E-state index contributed by atoms with van der Waals surface area (Å²) in [7, 11) is 0. The van der Waals surface area contributed by atoms with Crippen LogP contribution in [0.2, 0.25) is 0 Å². The van der Waals surface area contributed by atoms with Gasteiger partial charge in [-0.25, -0.2) is 9.88 Å². The molecular formula is C23H31N4O8PS. The maximum atomic E-state index is 12.5. The number of nitrogens with two attached hydrogens (primary N) is 1. The Hall–Kier alpha value is -2.38. The number of carbonyl (C=O) groups is 1. The van der Waals surface area contributed by atoms with Crippen LogP contribution in [0.5, 0.6) is 5.75 Å². The quantitative estimate of drug-likeness (QED) is 0.288. The summed E-state index contributed by atoms with van der Waals surface area (Å²) in [5.41, 5.74) is 2.32. The van der Waals surface area contributed by atoms with E-state index < -0.39 is 47.9 Å². The summed E-state index contributed by atoms with van der Waals surface area (Å²) in [6.45, 7) is 3.04. The summed E-state index contributed by atoms with van der Waals surface area (Å²) in [5.74, 6) is -0.0334. The van der Waals surface area contributed by atoms with Crippen molar-refractivity contribution < 1.29 is 33.2 Å². The molecule has 0 radical (unpaired) electrons.